The lowest BCUT2D eigenvalue weighted by Gasteiger charge is -2.19. The summed E-state index contributed by atoms with van der Waals surface area (Å²) in [6.45, 7) is 0.680. The highest BCUT2D eigenvalue weighted by Gasteiger charge is 2.12. The monoisotopic (exact) mass is 258 g/mol. The lowest BCUT2D eigenvalue weighted by Crippen LogP contribution is -2.16. The molecule has 0 spiro atoms. The van der Waals surface area contributed by atoms with Crippen LogP contribution in [0.4, 0.5) is 17.1 Å². The summed E-state index contributed by atoms with van der Waals surface area (Å²) in [4.78, 5) is 16.1. The van der Waals surface area contributed by atoms with Crippen molar-refractivity contribution < 1.29 is 4.92 Å². The second-order valence-corrected chi connectivity index (χ2v) is 4.21. The fourth-order valence-corrected chi connectivity index (χ4v) is 1.80. The highest BCUT2D eigenvalue weighted by molar-refractivity contribution is 5.66. The van der Waals surface area contributed by atoms with Crippen molar-refractivity contribution in [2.75, 3.05) is 17.7 Å². The molecular formula is C13H14N4O2. The smallest absolute Gasteiger partial charge is 0.292 e. The van der Waals surface area contributed by atoms with Crippen LogP contribution in [-0.2, 0) is 6.54 Å². The van der Waals surface area contributed by atoms with Gasteiger partial charge in [-0.05, 0) is 29.8 Å². The third-order valence-corrected chi connectivity index (χ3v) is 2.82. The second-order valence-electron chi connectivity index (χ2n) is 4.21. The molecule has 6 heteroatoms. The molecule has 0 atom stereocenters. The zero-order valence-corrected chi connectivity index (χ0v) is 10.5. The molecule has 2 rings (SSSR count). The zero-order valence-electron chi connectivity index (χ0n) is 10.5. The van der Waals surface area contributed by atoms with Crippen molar-refractivity contribution in [3.63, 3.8) is 0 Å². The Morgan fingerprint density at radius 3 is 2.58 bits per heavy atom. The van der Waals surface area contributed by atoms with Gasteiger partial charge in [0.05, 0.1) is 4.92 Å². The molecular weight excluding hydrogens is 244 g/mol. The van der Waals surface area contributed by atoms with Gasteiger partial charge in [-0.25, -0.2) is 0 Å². The van der Waals surface area contributed by atoms with E-state index in [4.69, 9.17) is 5.73 Å². The average molecular weight is 258 g/mol. The molecule has 0 aliphatic heterocycles. The third-order valence-electron chi connectivity index (χ3n) is 2.82. The van der Waals surface area contributed by atoms with E-state index in [-0.39, 0.29) is 11.4 Å². The van der Waals surface area contributed by atoms with E-state index >= 15 is 0 Å². The molecule has 0 amide bonds. The highest BCUT2D eigenvalue weighted by atomic mass is 16.6. The lowest BCUT2D eigenvalue weighted by atomic mass is 10.2. The third kappa shape index (κ3) is 2.98. The van der Waals surface area contributed by atoms with Crippen LogP contribution < -0.4 is 10.6 Å². The first-order valence-electron chi connectivity index (χ1n) is 5.72. The van der Waals surface area contributed by atoms with Crippen molar-refractivity contribution in [2.24, 2.45) is 0 Å². The van der Waals surface area contributed by atoms with E-state index in [9.17, 15) is 10.1 Å². The van der Waals surface area contributed by atoms with Crippen LogP contribution in [0.3, 0.4) is 0 Å². The Morgan fingerprint density at radius 1 is 1.32 bits per heavy atom. The van der Waals surface area contributed by atoms with Crippen LogP contribution in [0.25, 0.3) is 0 Å². The van der Waals surface area contributed by atoms with E-state index in [1.165, 1.54) is 6.07 Å². The van der Waals surface area contributed by atoms with Crippen LogP contribution in [0, 0.1) is 10.1 Å². The number of pyridine rings is 1. The largest absolute Gasteiger partial charge is 0.393 e. The van der Waals surface area contributed by atoms with Crippen LogP contribution in [0.5, 0.6) is 0 Å². The lowest BCUT2D eigenvalue weighted by molar-refractivity contribution is -0.383. The number of nitro groups is 1. The number of rotatable bonds is 4. The normalized spacial score (nSPS) is 10.2. The molecule has 0 aliphatic carbocycles. The van der Waals surface area contributed by atoms with Crippen molar-refractivity contribution >= 4 is 17.1 Å². The molecule has 19 heavy (non-hydrogen) atoms. The Bertz CT molecular complexity index is 586. The predicted molar refractivity (Wildman–Crippen MR) is 73.9 cm³/mol. The molecule has 1 aromatic carbocycles. The number of benzene rings is 1. The Morgan fingerprint density at radius 2 is 2.00 bits per heavy atom. The minimum Gasteiger partial charge on any atom is -0.393 e. The Kier molecular flexibility index (Phi) is 3.61. The quantitative estimate of drug-likeness (QED) is 0.516. The number of nitrogens with zero attached hydrogens (tertiary/aromatic N) is 3. The first-order chi connectivity index (χ1) is 9.08. The summed E-state index contributed by atoms with van der Waals surface area (Å²) in [5.74, 6) is 0. The summed E-state index contributed by atoms with van der Waals surface area (Å²) in [6.07, 6.45) is 3.46. The molecule has 6 nitrogen and oxygen atoms in total. The standard InChI is InChI=1S/C13H14N4O2/c1-16(9-10-4-6-15-7-5-10)11-2-3-13(17(18)19)12(14)8-11/h2-8H,9,14H2,1H3. The maximum absolute atomic E-state index is 10.7. The van der Waals surface area contributed by atoms with Gasteiger partial charge in [0.25, 0.3) is 5.69 Å². The molecule has 2 N–H and O–H groups in total. The van der Waals surface area contributed by atoms with Gasteiger partial charge in [0, 0.05) is 37.7 Å². The van der Waals surface area contributed by atoms with E-state index in [2.05, 4.69) is 4.98 Å². The van der Waals surface area contributed by atoms with E-state index < -0.39 is 4.92 Å². The fraction of sp³-hybridized carbons (Fsp3) is 0.154. The van der Waals surface area contributed by atoms with Crippen LogP contribution in [0.15, 0.2) is 42.7 Å². The number of anilines is 2. The van der Waals surface area contributed by atoms with Gasteiger partial charge in [0.2, 0.25) is 0 Å². The molecule has 1 aromatic heterocycles. The van der Waals surface area contributed by atoms with Gasteiger partial charge in [-0.3, -0.25) is 15.1 Å². The molecule has 1 heterocycles. The highest BCUT2D eigenvalue weighted by Crippen LogP contribution is 2.26. The van der Waals surface area contributed by atoms with E-state index in [1.807, 2.05) is 24.1 Å². The Balaban J connectivity index is 2.18. The maximum atomic E-state index is 10.7. The SMILES string of the molecule is CN(Cc1ccncc1)c1ccc([N+](=O)[O-])c(N)c1. The molecule has 0 aliphatic rings. The van der Waals surface area contributed by atoms with Gasteiger partial charge in [0.15, 0.2) is 0 Å². The molecule has 0 bridgehead atoms. The van der Waals surface area contributed by atoms with Crippen molar-refractivity contribution in [1.29, 1.82) is 0 Å². The first kappa shape index (κ1) is 12.8. The average Bonchev–Trinajstić information content (AvgIpc) is 2.39. The number of hydrogen-bond donors (Lipinski definition) is 1. The second kappa shape index (κ2) is 5.34. The van der Waals surface area contributed by atoms with Crippen molar-refractivity contribution in [2.45, 2.75) is 6.54 Å². The van der Waals surface area contributed by atoms with Gasteiger partial charge in [0.1, 0.15) is 5.69 Å². The van der Waals surface area contributed by atoms with Crippen LogP contribution in [0.2, 0.25) is 0 Å². The minimum atomic E-state index is -0.484. The summed E-state index contributed by atoms with van der Waals surface area (Å²) in [7, 11) is 1.90. The van der Waals surface area contributed by atoms with Crippen LogP contribution in [0.1, 0.15) is 5.56 Å². The van der Waals surface area contributed by atoms with Crippen LogP contribution in [-0.4, -0.2) is 17.0 Å². The molecule has 0 radical (unpaired) electrons. The number of hydrogen-bond acceptors (Lipinski definition) is 5. The summed E-state index contributed by atoms with van der Waals surface area (Å²) in [5, 5.41) is 10.7. The summed E-state index contributed by atoms with van der Waals surface area (Å²) in [6, 6.07) is 8.57. The fourth-order valence-electron chi connectivity index (χ4n) is 1.80. The zero-order chi connectivity index (χ0) is 13.8. The summed E-state index contributed by atoms with van der Waals surface area (Å²) >= 11 is 0. The van der Waals surface area contributed by atoms with Crippen molar-refractivity contribution in [3.05, 3.63) is 58.4 Å². The summed E-state index contributed by atoms with van der Waals surface area (Å²) < 4.78 is 0. The number of aromatic nitrogens is 1. The van der Waals surface area contributed by atoms with Crippen LogP contribution >= 0.6 is 0 Å². The van der Waals surface area contributed by atoms with Crippen molar-refractivity contribution in [1.82, 2.24) is 4.98 Å². The first-order valence-corrected chi connectivity index (χ1v) is 5.72. The van der Waals surface area contributed by atoms with Gasteiger partial charge in [-0.15, -0.1) is 0 Å². The maximum Gasteiger partial charge on any atom is 0.292 e. The van der Waals surface area contributed by atoms with Crippen molar-refractivity contribution in [3.8, 4) is 0 Å². The molecule has 0 unspecified atom stereocenters. The van der Waals surface area contributed by atoms with E-state index in [1.54, 1.807) is 24.5 Å². The van der Waals surface area contributed by atoms with Gasteiger partial charge >= 0.3 is 0 Å². The minimum absolute atomic E-state index is 0.0685. The number of nitrogens with two attached hydrogens (primary N) is 1. The van der Waals surface area contributed by atoms with Gasteiger partial charge < -0.3 is 10.6 Å². The molecule has 0 fully saturated rings. The molecule has 0 saturated carbocycles. The van der Waals surface area contributed by atoms with E-state index in [0.29, 0.717) is 6.54 Å². The Hall–Kier alpha value is -2.63. The number of nitrogen functional groups attached to an aromatic ring is 1. The summed E-state index contributed by atoms with van der Waals surface area (Å²) in [5.41, 5.74) is 7.72. The number of nitro benzene ring substituents is 1. The Labute approximate surface area is 110 Å². The molecule has 0 saturated heterocycles. The van der Waals surface area contributed by atoms with Gasteiger partial charge in [-0.2, -0.15) is 0 Å². The predicted octanol–water partition coefficient (Wildman–Crippen LogP) is 2.21. The molecule has 2 aromatic rings. The topological polar surface area (TPSA) is 85.3 Å². The van der Waals surface area contributed by atoms with E-state index in [0.717, 1.165) is 11.3 Å². The molecule has 98 valence electrons. The van der Waals surface area contributed by atoms with Gasteiger partial charge in [-0.1, -0.05) is 0 Å².